The van der Waals surface area contributed by atoms with E-state index in [2.05, 4.69) is 34.1 Å². The highest BCUT2D eigenvalue weighted by Crippen LogP contribution is 2.32. The molecule has 21 heavy (non-hydrogen) atoms. The number of halogens is 1. The summed E-state index contributed by atoms with van der Waals surface area (Å²) in [6, 6.07) is 13.3. The second-order valence-electron chi connectivity index (χ2n) is 5.37. The minimum absolute atomic E-state index is 0.206. The molecule has 1 aliphatic rings. The quantitative estimate of drug-likeness (QED) is 0.681. The maximum atomic E-state index is 13.2. The van der Waals surface area contributed by atoms with Crippen molar-refractivity contribution in [1.29, 1.82) is 0 Å². The van der Waals surface area contributed by atoms with Crippen LogP contribution in [-0.4, -0.2) is 18.1 Å². The minimum Gasteiger partial charge on any atom is -0.372 e. The lowest BCUT2D eigenvalue weighted by Crippen LogP contribution is -2.17. The highest BCUT2D eigenvalue weighted by molar-refractivity contribution is 7.21. The van der Waals surface area contributed by atoms with Crippen molar-refractivity contribution in [2.75, 3.05) is 18.0 Å². The van der Waals surface area contributed by atoms with Gasteiger partial charge in [-0.15, -0.1) is 11.3 Å². The molecule has 0 atom stereocenters. The first kappa shape index (κ1) is 12.8. The fourth-order valence-corrected chi connectivity index (χ4v) is 3.81. The molecule has 2 nitrogen and oxygen atoms in total. The number of thiazole rings is 1. The molecule has 4 heteroatoms. The molecule has 2 heterocycles. The van der Waals surface area contributed by atoms with Gasteiger partial charge in [0.15, 0.2) is 0 Å². The van der Waals surface area contributed by atoms with E-state index in [4.69, 9.17) is 0 Å². The molecule has 0 N–H and O–H groups in total. The van der Waals surface area contributed by atoms with Crippen molar-refractivity contribution in [3.63, 3.8) is 0 Å². The van der Waals surface area contributed by atoms with Crippen molar-refractivity contribution >= 4 is 27.2 Å². The fraction of sp³-hybridized carbons (Fsp3) is 0.235. The molecule has 0 aliphatic carbocycles. The maximum absolute atomic E-state index is 13.2. The maximum Gasteiger partial charge on any atom is 0.124 e. The summed E-state index contributed by atoms with van der Waals surface area (Å²) < 4.78 is 14.1. The van der Waals surface area contributed by atoms with Crippen LogP contribution in [0.5, 0.6) is 0 Å². The zero-order valence-electron chi connectivity index (χ0n) is 11.6. The summed E-state index contributed by atoms with van der Waals surface area (Å²) in [5, 5.41) is 0.948. The van der Waals surface area contributed by atoms with Crippen LogP contribution < -0.4 is 4.90 Å². The van der Waals surface area contributed by atoms with Gasteiger partial charge in [-0.2, -0.15) is 0 Å². The summed E-state index contributed by atoms with van der Waals surface area (Å²) >= 11 is 1.54. The Bertz CT molecular complexity index is 773. The van der Waals surface area contributed by atoms with Crippen molar-refractivity contribution in [3.05, 3.63) is 48.3 Å². The number of fused-ring (bicyclic) bond motifs is 1. The topological polar surface area (TPSA) is 16.1 Å². The predicted molar refractivity (Wildman–Crippen MR) is 86.5 cm³/mol. The van der Waals surface area contributed by atoms with E-state index in [0.29, 0.717) is 0 Å². The molecule has 0 amide bonds. The zero-order chi connectivity index (χ0) is 14.2. The van der Waals surface area contributed by atoms with Gasteiger partial charge in [0, 0.05) is 24.3 Å². The third-order valence-electron chi connectivity index (χ3n) is 3.94. The van der Waals surface area contributed by atoms with Gasteiger partial charge in [-0.05, 0) is 55.3 Å². The molecule has 0 unspecified atom stereocenters. The summed E-state index contributed by atoms with van der Waals surface area (Å²) in [7, 11) is 0. The van der Waals surface area contributed by atoms with Gasteiger partial charge in [0.25, 0.3) is 0 Å². The van der Waals surface area contributed by atoms with Crippen molar-refractivity contribution in [2.24, 2.45) is 0 Å². The summed E-state index contributed by atoms with van der Waals surface area (Å²) in [5.74, 6) is -0.206. The first-order valence-corrected chi connectivity index (χ1v) is 8.03. The molecule has 1 fully saturated rings. The Morgan fingerprint density at radius 3 is 2.52 bits per heavy atom. The van der Waals surface area contributed by atoms with Gasteiger partial charge in [-0.25, -0.2) is 9.37 Å². The predicted octanol–water partition coefficient (Wildman–Crippen LogP) is 4.70. The fourth-order valence-electron chi connectivity index (χ4n) is 2.81. The van der Waals surface area contributed by atoms with Crippen LogP contribution in [0.4, 0.5) is 10.1 Å². The van der Waals surface area contributed by atoms with E-state index in [1.165, 1.54) is 35.9 Å². The normalized spacial score (nSPS) is 15.0. The molecule has 1 aromatic heterocycles. The second kappa shape index (κ2) is 5.11. The Morgan fingerprint density at radius 1 is 1.00 bits per heavy atom. The first-order chi connectivity index (χ1) is 10.3. The molecule has 0 spiro atoms. The van der Waals surface area contributed by atoms with Crippen LogP contribution in [0.15, 0.2) is 42.5 Å². The monoisotopic (exact) mass is 298 g/mol. The lowest BCUT2D eigenvalue weighted by molar-refractivity contribution is 0.630. The van der Waals surface area contributed by atoms with Gasteiger partial charge in [0.05, 0.1) is 10.2 Å². The van der Waals surface area contributed by atoms with Crippen molar-refractivity contribution in [2.45, 2.75) is 12.8 Å². The SMILES string of the molecule is Fc1ccc2nc(-c3ccc(N4CCCC4)cc3)sc2c1. The highest BCUT2D eigenvalue weighted by Gasteiger charge is 2.13. The summed E-state index contributed by atoms with van der Waals surface area (Å²) in [6.07, 6.45) is 2.57. The zero-order valence-corrected chi connectivity index (χ0v) is 12.4. The van der Waals surface area contributed by atoms with E-state index in [1.54, 1.807) is 12.1 Å². The Hall–Kier alpha value is -1.94. The summed E-state index contributed by atoms with van der Waals surface area (Å²) in [4.78, 5) is 7.00. The average Bonchev–Trinajstić information content (AvgIpc) is 3.16. The van der Waals surface area contributed by atoms with Gasteiger partial charge in [-0.3, -0.25) is 0 Å². The van der Waals surface area contributed by atoms with Crippen LogP contribution in [0.2, 0.25) is 0 Å². The van der Waals surface area contributed by atoms with Gasteiger partial charge in [0.2, 0.25) is 0 Å². The van der Waals surface area contributed by atoms with E-state index in [0.717, 1.165) is 33.9 Å². The molecule has 0 bridgehead atoms. The minimum atomic E-state index is -0.206. The molecule has 2 aromatic carbocycles. The molecule has 1 saturated heterocycles. The highest BCUT2D eigenvalue weighted by atomic mass is 32.1. The molecule has 3 aromatic rings. The Balaban J connectivity index is 1.67. The van der Waals surface area contributed by atoms with E-state index in [9.17, 15) is 4.39 Å². The van der Waals surface area contributed by atoms with E-state index in [1.807, 2.05) is 0 Å². The molecule has 0 radical (unpaired) electrons. The smallest absolute Gasteiger partial charge is 0.124 e. The number of hydrogen-bond donors (Lipinski definition) is 0. The lowest BCUT2D eigenvalue weighted by Gasteiger charge is -2.17. The summed E-state index contributed by atoms with van der Waals surface area (Å²) in [6.45, 7) is 2.31. The number of anilines is 1. The van der Waals surface area contributed by atoms with Crippen molar-refractivity contribution < 1.29 is 4.39 Å². The Labute approximate surface area is 126 Å². The third kappa shape index (κ3) is 2.40. The molecule has 1 aliphatic heterocycles. The Kier molecular flexibility index (Phi) is 3.11. The van der Waals surface area contributed by atoms with E-state index < -0.39 is 0 Å². The van der Waals surface area contributed by atoms with Crippen LogP contribution in [-0.2, 0) is 0 Å². The lowest BCUT2D eigenvalue weighted by atomic mass is 10.2. The van der Waals surface area contributed by atoms with Crippen molar-refractivity contribution in [1.82, 2.24) is 4.98 Å². The third-order valence-corrected chi connectivity index (χ3v) is 5.00. The van der Waals surface area contributed by atoms with E-state index >= 15 is 0 Å². The second-order valence-corrected chi connectivity index (χ2v) is 6.40. The molecular formula is C17H15FN2S. The molecule has 4 rings (SSSR count). The van der Waals surface area contributed by atoms with Crippen LogP contribution >= 0.6 is 11.3 Å². The summed E-state index contributed by atoms with van der Waals surface area (Å²) in [5.41, 5.74) is 3.24. The largest absolute Gasteiger partial charge is 0.372 e. The number of aromatic nitrogens is 1. The first-order valence-electron chi connectivity index (χ1n) is 7.21. The van der Waals surface area contributed by atoms with E-state index in [-0.39, 0.29) is 5.82 Å². The number of hydrogen-bond acceptors (Lipinski definition) is 3. The van der Waals surface area contributed by atoms with Crippen LogP contribution in [0.3, 0.4) is 0 Å². The van der Waals surface area contributed by atoms with Crippen LogP contribution in [0.1, 0.15) is 12.8 Å². The van der Waals surface area contributed by atoms with Gasteiger partial charge in [0.1, 0.15) is 10.8 Å². The molecule has 106 valence electrons. The molecular weight excluding hydrogens is 283 g/mol. The van der Waals surface area contributed by atoms with Crippen molar-refractivity contribution in [3.8, 4) is 10.6 Å². The van der Waals surface area contributed by atoms with Crippen LogP contribution in [0, 0.1) is 5.82 Å². The van der Waals surface area contributed by atoms with Gasteiger partial charge in [-0.1, -0.05) is 0 Å². The Morgan fingerprint density at radius 2 is 1.76 bits per heavy atom. The standard InChI is InChI=1S/C17H15FN2S/c18-13-5-8-15-16(11-13)21-17(19-15)12-3-6-14(7-4-12)20-9-1-2-10-20/h3-8,11H,1-2,9-10H2. The average molecular weight is 298 g/mol. The van der Waals surface area contributed by atoms with Crippen LogP contribution in [0.25, 0.3) is 20.8 Å². The number of nitrogens with zero attached hydrogens (tertiary/aromatic N) is 2. The molecule has 0 saturated carbocycles. The number of rotatable bonds is 2. The van der Waals surface area contributed by atoms with Gasteiger partial charge >= 0.3 is 0 Å². The van der Waals surface area contributed by atoms with Gasteiger partial charge < -0.3 is 4.90 Å². The number of benzene rings is 2.